The van der Waals surface area contributed by atoms with Crippen LogP contribution in [-0.4, -0.2) is 18.3 Å². The highest BCUT2D eigenvalue weighted by molar-refractivity contribution is 9.10. The summed E-state index contributed by atoms with van der Waals surface area (Å²) in [6.07, 6.45) is 1.67. The molecule has 0 unspecified atom stereocenters. The van der Waals surface area contributed by atoms with Crippen LogP contribution >= 0.6 is 15.9 Å². The zero-order chi connectivity index (χ0) is 12.4. The van der Waals surface area contributed by atoms with Crippen LogP contribution in [0.3, 0.4) is 0 Å². The van der Waals surface area contributed by atoms with E-state index >= 15 is 0 Å². The number of halogens is 2. The molecular formula is C12H15BrFNO2. The van der Waals surface area contributed by atoms with Crippen molar-refractivity contribution < 1.29 is 14.2 Å². The fraction of sp³-hybridized carbons (Fsp3) is 0.500. The van der Waals surface area contributed by atoms with Crippen LogP contribution in [0, 0.1) is 11.7 Å². The molecule has 0 saturated carbocycles. The molecule has 1 heterocycles. The van der Waals surface area contributed by atoms with Crippen LogP contribution in [0.4, 0.5) is 4.39 Å². The van der Waals surface area contributed by atoms with Gasteiger partial charge in [-0.1, -0.05) is 15.9 Å². The van der Waals surface area contributed by atoms with Crippen LogP contribution in [-0.2, 0) is 4.74 Å². The van der Waals surface area contributed by atoms with Gasteiger partial charge in [-0.25, -0.2) is 4.39 Å². The molecular weight excluding hydrogens is 289 g/mol. The summed E-state index contributed by atoms with van der Waals surface area (Å²) < 4.78 is 19.3. The molecule has 3 nitrogen and oxygen atoms in total. The van der Waals surface area contributed by atoms with E-state index in [2.05, 4.69) is 15.9 Å². The molecule has 0 aromatic heterocycles. The molecule has 1 aromatic carbocycles. The van der Waals surface area contributed by atoms with Gasteiger partial charge in [-0.15, -0.1) is 0 Å². The number of nitrogens with two attached hydrogens (primary N) is 1. The minimum Gasteiger partial charge on any atom is -0.505 e. The number of phenolic OH excluding ortho intramolecular Hbond substituents is 1. The monoisotopic (exact) mass is 303 g/mol. The summed E-state index contributed by atoms with van der Waals surface area (Å²) >= 11 is 3.31. The summed E-state index contributed by atoms with van der Waals surface area (Å²) in [7, 11) is 0. The predicted molar refractivity (Wildman–Crippen MR) is 66.2 cm³/mol. The van der Waals surface area contributed by atoms with Gasteiger partial charge in [0.2, 0.25) is 0 Å². The highest BCUT2D eigenvalue weighted by atomic mass is 79.9. The summed E-state index contributed by atoms with van der Waals surface area (Å²) in [5.41, 5.74) is 6.58. The van der Waals surface area contributed by atoms with E-state index in [1.807, 2.05) is 0 Å². The third-order valence-electron chi connectivity index (χ3n) is 3.22. The molecule has 17 heavy (non-hydrogen) atoms. The maximum Gasteiger partial charge on any atom is 0.165 e. The molecule has 1 aliphatic rings. The molecule has 0 radical (unpaired) electrons. The lowest BCUT2D eigenvalue weighted by Crippen LogP contribution is -2.27. The Morgan fingerprint density at radius 1 is 1.41 bits per heavy atom. The number of rotatable bonds is 2. The first kappa shape index (κ1) is 12.8. The molecule has 0 aliphatic carbocycles. The Morgan fingerprint density at radius 3 is 2.71 bits per heavy atom. The third kappa shape index (κ3) is 2.61. The molecule has 0 spiro atoms. The van der Waals surface area contributed by atoms with E-state index in [0.717, 1.165) is 12.8 Å². The quantitative estimate of drug-likeness (QED) is 0.883. The van der Waals surface area contributed by atoms with Gasteiger partial charge in [-0.3, -0.25) is 0 Å². The van der Waals surface area contributed by atoms with E-state index in [1.165, 1.54) is 6.07 Å². The van der Waals surface area contributed by atoms with Gasteiger partial charge in [0, 0.05) is 29.3 Å². The molecule has 3 N–H and O–H groups in total. The summed E-state index contributed by atoms with van der Waals surface area (Å²) in [6, 6.07) is 2.42. The summed E-state index contributed by atoms with van der Waals surface area (Å²) in [6.45, 7) is 1.35. The van der Waals surface area contributed by atoms with Crippen molar-refractivity contribution in [1.29, 1.82) is 0 Å². The van der Waals surface area contributed by atoms with Crippen molar-refractivity contribution in [3.63, 3.8) is 0 Å². The predicted octanol–water partition coefficient (Wildman–Crippen LogP) is 2.72. The summed E-state index contributed by atoms with van der Waals surface area (Å²) in [4.78, 5) is 0. The standard InChI is InChI=1S/C12H15BrFNO2/c13-8-1-2-9(14)12(16)10(8)11(15)7-3-5-17-6-4-7/h1-2,7,11,16H,3-6,15H2/t11-/m0/s1. The van der Waals surface area contributed by atoms with Gasteiger partial charge in [-0.05, 0) is 30.9 Å². The maximum absolute atomic E-state index is 13.3. The van der Waals surface area contributed by atoms with Gasteiger partial charge in [-0.2, -0.15) is 0 Å². The maximum atomic E-state index is 13.3. The number of phenols is 1. The van der Waals surface area contributed by atoms with Crippen LogP contribution in [0.25, 0.3) is 0 Å². The number of aromatic hydroxyl groups is 1. The molecule has 2 rings (SSSR count). The number of benzene rings is 1. The fourth-order valence-corrected chi connectivity index (χ4v) is 2.77. The molecule has 1 saturated heterocycles. The van der Waals surface area contributed by atoms with Crippen molar-refractivity contribution in [2.24, 2.45) is 11.7 Å². The minimum atomic E-state index is -0.634. The Morgan fingerprint density at radius 2 is 2.06 bits per heavy atom. The van der Waals surface area contributed by atoms with E-state index in [4.69, 9.17) is 10.5 Å². The molecule has 0 amide bonds. The topological polar surface area (TPSA) is 55.5 Å². The second kappa shape index (κ2) is 5.33. The highest BCUT2D eigenvalue weighted by Crippen LogP contribution is 2.38. The van der Waals surface area contributed by atoms with Crippen LogP contribution in [0.1, 0.15) is 24.4 Å². The Balaban J connectivity index is 2.29. The lowest BCUT2D eigenvalue weighted by atomic mass is 9.87. The number of hydrogen-bond acceptors (Lipinski definition) is 3. The van der Waals surface area contributed by atoms with Crippen molar-refractivity contribution in [2.45, 2.75) is 18.9 Å². The summed E-state index contributed by atoms with van der Waals surface area (Å²) in [5, 5.41) is 9.76. The lowest BCUT2D eigenvalue weighted by molar-refractivity contribution is 0.0580. The lowest BCUT2D eigenvalue weighted by Gasteiger charge is -2.28. The van der Waals surface area contributed by atoms with Gasteiger partial charge < -0.3 is 15.6 Å². The molecule has 1 aliphatic heterocycles. The van der Waals surface area contributed by atoms with Crippen molar-refractivity contribution in [3.8, 4) is 5.75 Å². The first-order valence-electron chi connectivity index (χ1n) is 5.61. The molecule has 1 fully saturated rings. The summed E-state index contributed by atoms with van der Waals surface area (Å²) in [5.74, 6) is -0.767. The molecule has 94 valence electrons. The molecule has 5 heteroatoms. The highest BCUT2D eigenvalue weighted by Gasteiger charge is 2.27. The zero-order valence-corrected chi connectivity index (χ0v) is 10.9. The third-order valence-corrected chi connectivity index (χ3v) is 3.91. The minimum absolute atomic E-state index is 0.216. The molecule has 1 aromatic rings. The van der Waals surface area contributed by atoms with Crippen LogP contribution in [0.2, 0.25) is 0 Å². The largest absolute Gasteiger partial charge is 0.505 e. The number of hydrogen-bond donors (Lipinski definition) is 2. The van der Waals surface area contributed by atoms with Gasteiger partial charge >= 0.3 is 0 Å². The Kier molecular flexibility index (Phi) is 4.01. The second-order valence-corrected chi connectivity index (χ2v) is 5.12. The van der Waals surface area contributed by atoms with Crippen molar-refractivity contribution in [2.75, 3.05) is 13.2 Å². The smallest absolute Gasteiger partial charge is 0.165 e. The average Bonchev–Trinajstić information content (AvgIpc) is 2.35. The SMILES string of the molecule is N[C@H](c1c(Br)ccc(F)c1O)C1CCOCC1. The second-order valence-electron chi connectivity index (χ2n) is 4.27. The van der Waals surface area contributed by atoms with Crippen LogP contribution < -0.4 is 5.73 Å². The zero-order valence-electron chi connectivity index (χ0n) is 9.33. The van der Waals surface area contributed by atoms with E-state index in [-0.39, 0.29) is 17.7 Å². The first-order chi connectivity index (χ1) is 8.11. The van der Waals surface area contributed by atoms with Crippen molar-refractivity contribution in [1.82, 2.24) is 0 Å². The van der Waals surface area contributed by atoms with Gasteiger partial charge in [0.25, 0.3) is 0 Å². The van der Waals surface area contributed by atoms with Gasteiger partial charge in [0.1, 0.15) is 0 Å². The first-order valence-corrected chi connectivity index (χ1v) is 6.40. The fourth-order valence-electron chi connectivity index (χ4n) is 2.18. The number of ether oxygens (including phenoxy) is 1. The Hall–Kier alpha value is -0.650. The van der Waals surface area contributed by atoms with Crippen LogP contribution in [0.15, 0.2) is 16.6 Å². The van der Waals surface area contributed by atoms with Crippen molar-refractivity contribution in [3.05, 3.63) is 28.0 Å². The average molecular weight is 304 g/mol. The van der Waals surface area contributed by atoms with Gasteiger partial charge in [0.15, 0.2) is 11.6 Å². The van der Waals surface area contributed by atoms with Crippen molar-refractivity contribution >= 4 is 15.9 Å². The van der Waals surface area contributed by atoms with E-state index in [1.54, 1.807) is 6.07 Å². The van der Waals surface area contributed by atoms with E-state index in [0.29, 0.717) is 23.2 Å². The Labute approximate surface area is 108 Å². The van der Waals surface area contributed by atoms with Crippen LogP contribution in [0.5, 0.6) is 5.75 Å². The molecule has 1 atom stereocenters. The van der Waals surface area contributed by atoms with Gasteiger partial charge in [0.05, 0.1) is 0 Å². The van der Waals surface area contributed by atoms with E-state index < -0.39 is 5.82 Å². The van der Waals surface area contributed by atoms with E-state index in [9.17, 15) is 9.50 Å². The molecule has 0 bridgehead atoms. The normalized spacial score (nSPS) is 19.2. The Bertz CT molecular complexity index is 408.